The van der Waals surface area contributed by atoms with Gasteiger partial charge < -0.3 is 9.47 Å². The van der Waals surface area contributed by atoms with Crippen LogP contribution in [-0.2, 0) is 19.6 Å². The fourth-order valence-corrected chi connectivity index (χ4v) is 5.14. The van der Waals surface area contributed by atoms with Crippen LogP contribution in [0.2, 0.25) is 0 Å². The van der Waals surface area contributed by atoms with Crippen molar-refractivity contribution in [2.75, 3.05) is 20.2 Å². The summed E-state index contributed by atoms with van der Waals surface area (Å²) in [6, 6.07) is 6.39. The summed E-state index contributed by atoms with van der Waals surface area (Å²) in [5.41, 5.74) is 0. The number of rotatable bonds is 5. The second kappa shape index (κ2) is 8.39. The summed E-state index contributed by atoms with van der Waals surface area (Å²) in [6.45, 7) is 0.692. The Morgan fingerprint density at radius 1 is 1.00 bits per heavy atom. The van der Waals surface area contributed by atoms with Crippen molar-refractivity contribution < 1.29 is 22.7 Å². The van der Waals surface area contributed by atoms with Gasteiger partial charge in [-0.05, 0) is 62.8 Å². The van der Waals surface area contributed by atoms with E-state index in [0.29, 0.717) is 31.7 Å². The predicted molar refractivity (Wildman–Crippen MR) is 97.4 cm³/mol. The van der Waals surface area contributed by atoms with Crippen LogP contribution in [0.4, 0.5) is 0 Å². The topological polar surface area (TPSA) is 72.9 Å². The van der Waals surface area contributed by atoms with Gasteiger partial charge in [0.25, 0.3) is 0 Å². The van der Waals surface area contributed by atoms with Gasteiger partial charge in [0.1, 0.15) is 11.9 Å². The zero-order valence-corrected chi connectivity index (χ0v) is 16.0. The molecule has 144 valence electrons. The third kappa shape index (κ3) is 4.38. The highest BCUT2D eigenvalue weighted by molar-refractivity contribution is 7.89. The number of benzene rings is 1. The van der Waals surface area contributed by atoms with Gasteiger partial charge in [0.05, 0.1) is 17.9 Å². The van der Waals surface area contributed by atoms with Crippen molar-refractivity contribution in [3.05, 3.63) is 24.3 Å². The molecular weight excluding hydrogens is 354 g/mol. The van der Waals surface area contributed by atoms with E-state index >= 15 is 0 Å². The Hall–Kier alpha value is -1.60. The minimum absolute atomic E-state index is 0.0531. The first-order valence-electron chi connectivity index (χ1n) is 9.35. The van der Waals surface area contributed by atoms with E-state index in [-0.39, 0.29) is 22.9 Å². The largest absolute Gasteiger partial charge is 0.497 e. The van der Waals surface area contributed by atoms with Crippen molar-refractivity contribution in [3.63, 3.8) is 0 Å². The first-order valence-corrected chi connectivity index (χ1v) is 10.8. The van der Waals surface area contributed by atoms with E-state index in [1.807, 2.05) is 0 Å². The lowest BCUT2D eigenvalue weighted by Crippen LogP contribution is -2.41. The van der Waals surface area contributed by atoms with Crippen LogP contribution >= 0.6 is 0 Å². The number of sulfonamides is 1. The van der Waals surface area contributed by atoms with Crippen LogP contribution < -0.4 is 4.74 Å². The molecule has 0 bridgehead atoms. The minimum Gasteiger partial charge on any atom is -0.497 e. The Morgan fingerprint density at radius 3 is 2.19 bits per heavy atom. The molecule has 1 aromatic carbocycles. The molecule has 1 aliphatic heterocycles. The molecule has 0 radical (unpaired) electrons. The average molecular weight is 381 g/mol. The number of esters is 1. The Labute approximate surface area is 155 Å². The number of hydrogen-bond acceptors (Lipinski definition) is 5. The average Bonchev–Trinajstić information content (AvgIpc) is 2.69. The van der Waals surface area contributed by atoms with Crippen molar-refractivity contribution in [2.24, 2.45) is 5.92 Å². The quantitative estimate of drug-likeness (QED) is 0.733. The van der Waals surface area contributed by atoms with Crippen LogP contribution in [0.3, 0.4) is 0 Å². The molecular formula is C19H27NO5S. The predicted octanol–water partition coefficient (Wildman–Crippen LogP) is 2.97. The lowest BCUT2D eigenvalue weighted by molar-refractivity contribution is -0.156. The zero-order chi connectivity index (χ0) is 18.6. The summed E-state index contributed by atoms with van der Waals surface area (Å²) in [7, 11) is -2.00. The molecule has 0 amide bonds. The van der Waals surface area contributed by atoms with Crippen molar-refractivity contribution in [3.8, 4) is 5.75 Å². The summed E-state index contributed by atoms with van der Waals surface area (Å²) in [5, 5.41) is 0. The van der Waals surface area contributed by atoms with Crippen LogP contribution in [0.25, 0.3) is 0 Å². The smallest absolute Gasteiger partial charge is 0.309 e. The molecule has 1 saturated heterocycles. The van der Waals surface area contributed by atoms with Crippen LogP contribution in [-0.4, -0.2) is 45.0 Å². The molecule has 0 spiro atoms. The number of nitrogens with zero attached hydrogens (tertiary/aromatic N) is 1. The van der Waals surface area contributed by atoms with Gasteiger partial charge in [-0.2, -0.15) is 4.31 Å². The number of carbonyl (C=O) groups is 1. The Kier molecular flexibility index (Phi) is 6.19. The van der Waals surface area contributed by atoms with E-state index < -0.39 is 10.0 Å². The van der Waals surface area contributed by atoms with Crippen molar-refractivity contribution >= 4 is 16.0 Å². The maximum absolute atomic E-state index is 12.7. The van der Waals surface area contributed by atoms with Crippen LogP contribution in [0.1, 0.15) is 44.9 Å². The molecule has 1 aliphatic carbocycles. The number of piperidine rings is 1. The molecule has 1 aromatic rings. The molecule has 6 nitrogen and oxygen atoms in total. The first kappa shape index (κ1) is 19.2. The van der Waals surface area contributed by atoms with Crippen LogP contribution in [0.5, 0.6) is 5.75 Å². The third-order valence-corrected chi connectivity index (χ3v) is 7.23. The monoisotopic (exact) mass is 381 g/mol. The highest BCUT2D eigenvalue weighted by atomic mass is 32.2. The van der Waals surface area contributed by atoms with Gasteiger partial charge in [-0.3, -0.25) is 4.79 Å². The molecule has 0 atom stereocenters. The van der Waals surface area contributed by atoms with Crippen molar-refractivity contribution in [1.29, 1.82) is 0 Å². The molecule has 2 fully saturated rings. The summed E-state index contributed by atoms with van der Waals surface area (Å²) < 4.78 is 37.7. The van der Waals surface area contributed by atoms with Gasteiger partial charge in [-0.25, -0.2) is 8.42 Å². The lowest BCUT2D eigenvalue weighted by atomic mass is 9.96. The van der Waals surface area contributed by atoms with Crippen molar-refractivity contribution in [2.45, 2.75) is 55.9 Å². The number of methoxy groups -OCH3 is 1. The molecule has 3 rings (SSSR count). The van der Waals surface area contributed by atoms with Gasteiger partial charge >= 0.3 is 5.97 Å². The summed E-state index contributed by atoms with van der Waals surface area (Å²) in [4.78, 5) is 12.6. The van der Waals surface area contributed by atoms with E-state index in [1.165, 1.54) is 10.7 Å². The number of ether oxygens (including phenoxy) is 2. The normalized spacial score (nSPS) is 20.7. The first-order chi connectivity index (χ1) is 12.5. The zero-order valence-electron chi connectivity index (χ0n) is 15.2. The number of carbonyl (C=O) groups excluding carboxylic acids is 1. The molecule has 0 N–H and O–H groups in total. The Balaban J connectivity index is 1.55. The molecule has 2 aliphatic rings. The molecule has 1 saturated carbocycles. The van der Waals surface area contributed by atoms with Crippen LogP contribution in [0, 0.1) is 5.92 Å². The third-order valence-electron chi connectivity index (χ3n) is 5.32. The standard InChI is InChI=1S/C19H27NO5S/c1-24-16-7-9-18(10-8-16)26(22,23)20-13-11-15(12-14-20)19(21)25-17-5-3-2-4-6-17/h7-10,15,17H,2-6,11-14H2,1H3. The highest BCUT2D eigenvalue weighted by Gasteiger charge is 2.33. The Bertz CT molecular complexity index is 702. The molecule has 0 unspecified atom stereocenters. The maximum Gasteiger partial charge on any atom is 0.309 e. The van der Waals surface area contributed by atoms with Gasteiger partial charge in [0.15, 0.2) is 0 Å². The minimum atomic E-state index is -3.54. The molecule has 1 heterocycles. The van der Waals surface area contributed by atoms with Gasteiger partial charge in [0.2, 0.25) is 10.0 Å². The van der Waals surface area contributed by atoms with Crippen molar-refractivity contribution in [1.82, 2.24) is 4.31 Å². The summed E-state index contributed by atoms with van der Waals surface area (Å²) >= 11 is 0. The molecule has 26 heavy (non-hydrogen) atoms. The van der Waals surface area contributed by atoms with Gasteiger partial charge in [0, 0.05) is 13.1 Å². The van der Waals surface area contributed by atoms with E-state index in [1.54, 1.807) is 31.4 Å². The second-order valence-electron chi connectivity index (χ2n) is 7.05. The maximum atomic E-state index is 12.7. The molecule has 7 heteroatoms. The van der Waals surface area contributed by atoms with E-state index in [0.717, 1.165) is 25.7 Å². The second-order valence-corrected chi connectivity index (χ2v) is 8.99. The Morgan fingerprint density at radius 2 is 1.62 bits per heavy atom. The van der Waals surface area contributed by atoms with Gasteiger partial charge in [-0.1, -0.05) is 6.42 Å². The van der Waals surface area contributed by atoms with E-state index in [9.17, 15) is 13.2 Å². The van der Waals surface area contributed by atoms with E-state index in [4.69, 9.17) is 9.47 Å². The van der Waals surface area contributed by atoms with Crippen LogP contribution in [0.15, 0.2) is 29.2 Å². The molecule has 0 aromatic heterocycles. The highest BCUT2D eigenvalue weighted by Crippen LogP contribution is 2.27. The summed E-state index contributed by atoms with van der Waals surface area (Å²) in [6.07, 6.45) is 6.45. The lowest BCUT2D eigenvalue weighted by Gasteiger charge is -2.31. The van der Waals surface area contributed by atoms with Gasteiger partial charge in [-0.15, -0.1) is 0 Å². The SMILES string of the molecule is COc1ccc(S(=O)(=O)N2CCC(C(=O)OC3CCCCC3)CC2)cc1. The summed E-state index contributed by atoms with van der Waals surface area (Å²) in [5.74, 6) is 0.269. The van der Waals surface area contributed by atoms with E-state index in [2.05, 4.69) is 0 Å². The fourth-order valence-electron chi connectivity index (χ4n) is 3.67. The fraction of sp³-hybridized carbons (Fsp3) is 0.632. The number of hydrogen-bond donors (Lipinski definition) is 0.